The second kappa shape index (κ2) is 4.57. The van der Waals surface area contributed by atoms with Crippen LogP contribution in [0.5, 0.6) is 0 Å². The molecule has 0 heterocycles. The molecular formula is C10H12F3N3O2S. The fraction of sp³-hybridized carbons (Fsp3) is 0.400. The summed E-state index contributed by atoms with van der Waals surface area (Å²) >= 11 is 0. The molecule has 0 aliphatic heterocycles. The summed E-state index contributed by atoms with van der Waals surface area (Å²) in [7, 11) is -4.01. The fourth-order valence-electron chi connectivity index (χ4n) is 1.48. The second-order valence-electron chi connectivity index (χ2n) is 4.30. The third-order valence-corrected chi connectivity index (χ3v) is 3.62. The first kappa shape index (κ1) is 13.9. The van der Waals surface area contributed by atoms with Gasteiger partial charge in [-0.15, -0.1) is 0 Å². The number of benzene rings is 1. The van der Waals surface area contributed by atoms with Crippen molar-refractivity contribution in [2.75, 3.05) is 10.5 Å². The molecule has 0 unspecified atom stereocenters. The summed E-state index contributed by atoms with van der Waals surface area (Å²) in [6, 6.07) is 2.68. The van der Waals surface area contributed by atoms with E-state index in [0.717, 1.165) is 6.07 Å². The minimum Gasteiger partial charge on any atom is -0.399 e. The van der Waals surface area contributed by atoms with Gasteiger partial charge in [0, 0.05) is 11.7 Å². The molecule has 0 aromatic heterocycles. The van der Waals surface area contributed by atoms with Crippen molar-refractivity contribution in [3.8, 4) is 0 Å². The Morgan fingerprint density at radius 3 is 2.42 bits per heavy atom. The lowest BCUT2D eigenvalue weighted by atomic mass is 10.1. The van der Waals surface area contributed by atoms with Gasteiger partial charge in [0.2, 0.25) is 0 Å². The third-order valence-electron chi connectivity index (χ3n) is 2.49. The van der Waals surface area contributed by atoms with Crippen molar-refractivity contribution in [3.63, 3.8) is 0 Å². The zero-order valence-corrected chi connectivity index (χ0v) is 10.5. The molecular weight excluding hydrogens is 283 g/mol. The Bertz CT molecular complexity index is 582. The molecule has 1 aliphatic rings. The number of anilines is 2. The number of rotatable bonds is 4. The average molecular weight is 295 g/mol. The first-order valence-electron chi connectivity index (χ1n) is 5.44. The minimum atomic E-state index is -4.69. The molecule has 9 heteroatoms. The summed E-state index contributed by atoms with van der Waals surface area (Å²) in [4.78, 5) is 0. The van der Waals surface area contributed by atoms with E-state index in [2.05, 4.69) is 4.72 Å². The highest BCUT2D eigenvalue weighted by Crippen LogP contribution is 2.36. The SMILES string of the molecule is Nc1ccc(NS(=O)(=O)NC2CC2)c(C(F)(F)F)c1. The maximum Gasteiger partial charge on any atom is 0.418 e. The van der Waals surface area contributed by atoms with Crippen molar-refractivity contribution in [3.05, 3.63) is 23.8 Å². The van der Waals surface area contributed by atoms with Gasteiger partial charge in [0.15, 0.2) is 0 Å². The molecule has 1 aromatic carbocycles. The van der Waals surface area contributed by atoms with Crippen LogP contribution in [0.15, 0.2) is 18.2 Å². The number of halogens is 3. The molecule has 1 aromatic rings. The van der Waals surface area contributed by atoms with E-state index in [0.29, 0.717) is 18.9 Å². The van der Waals surface area contributed by atoms with Crippen LogP contribution >= 0.6 is 0 Å². The molecule has 0 saturated heterocycles. The van der Waals surface area contributed by atoms with E-state index in [1.165, 1.54) is 6.07 Å². The van der Waals surface area contributed by atoms with Crippen LogP contribution in [0.1, 0.15) is 18.4 Å². The van der Waals surface area contributed by atoms with Crippen LogP contribution in [-0.4, -0.2) is 14.5 Å². The minimum absolute atomic E-state index is 0.0922. The van der Waals surface area contributed by atoms with Gasteiger partial charge in [-0.1, -0.05) is 0 Å². The highest BCUT2D eigenvalue weighted by molar-refractivity contribution is 7.90. The molecule has 1 saturated carbocycles. The van der Waals surface area contributed by atoms with Gasteiger partial charge < -0.3 is 5.73 Å². The molecule has 0 amide bonds. The van der Waals surface area contributed by atoms with Gasteiger partial charge >= 0.3 is 6.18 Å². The molecule has 0 spiro atoms. The Labute approximate surface area is 108 Å². The molecule has 106 valence electrons. The van der Waals surface area contributed by atoms with E-state index in [1.54, 1.807) is 0 Å². The number of hydrogen-bond donors (Lipinski definition) is 3. The molecule has 5 nitrogen and oxygen atoms in total. The summed E-state index contributed by atoms with van der Waals surface area (Å²) in [6.45, 7) is 0. The van der Waals surface area contributed by atoms with Crippen molar-refractivity contribution in [2.45, 2.75) is 25.1 Å². The van der Waals surface area contributed by atoms with Crippen molar-refractivity contribution >= 4 is 21.6 Å². The molecule has 2 rings (SSSR count). The lowest BCUT2D eigenvalue weighted by molar-refractivity contribution is -0.136. The summed E-state index contributed by atoms with van der Waals surface area (Å²) in [5.74, 6) is 0. The van der Waals surface area contributed by atoms with Gasteiger partial charge in [0.1, 0.15) is 0 Å². The van der Waals surface area contributed by atoms with Gasteiger partial charge in [-0.25, -0.2) is 0 Å². The molecule has 4 N–H and O–H groups in total. The van der Waals surface area contributed by atoms with E-state index >= 15 is 0 Å². The predicted molar refractivity (Wildman–Crippen MR) is 64.6 cm³/mol. The van der Waals surface area contributed by atoms with Crippen molar-refractivity contribution in [1.82, 2.24) is 4.72 Å². The smallest absolute Gasteiger partial charge is 0.399 e. The number of alkyl halides is 3. The van der Waals surface area contributed by atoms with Gasteiger partial charge in [-0.3, -0.25) is 4.72 Å². The maximum atomic E-state index is 12.8. The molecule has 1 aliphatic carbocycles. The fourth-order valence-corrected chi connectivity index (χ4v) is 2.68. The number of nitrogen functional groups attached to an aromatic ring is 1. The molecule has 0 radical (unpaired) electrons. The van der Waals surface area contributed by atoms with Crippen LogP contribution < -0.4 is 15.2 Å². The second-order valence-corrected chi connectivity index (χ2v) is 5.75. The van der Waals surface area contributed by atoms with E-state index in [1.807, 2.05) is 4.72 Å². The first-order valence-corrected chi connectivity index (χ1v) is 6.92. The number of hydrogen-bond acceptors (Lipinski definition) is 3. The van der Waals surface area contributed by atoms with E-state index in [4.69, 9.17) is 5.73 Å². The summed E-state index contributed by atoms with van der Waals surface area (Å²) in [5, 5.41) is 0. The standard InChI is InChI=1S/C10H12F3N3O2S/c11-10(12,13)8-5-6(14)1-4-9(8)16-19(17,18)15-7-2-3-7/h1,4-5,7,15-16H,2-3,14H2. The summed E-state index contributed by atoms with van der Waals surface area (Å²) < 4.78 is 65.6. The maximum absolute atomic E-state index is 12.8. The monoisotopic (exact) mass is 295 g/mol. The van der Waals surface area contributed by atoms with Crippen LogP contribution in [0.25, 0.3) is 0 Å². The third kappa shape index (κ3) is 3.74. The molecule has 19 heavy (non-hydrogen) atoms. The lowest BCUT2D eigenvalue weighted by Gasteiger charge is -2.15. The quantitative estimate of drug-likeness (QED) is 0.739. The zero-order chi connectivity index (χ0) is 14.3. The van der Waals surface area contributed by atoms with Crippen LogP contribution in [0, 0.1) is 0 Å². The normalized spacial score (nSPS) is 16.4. The van der Waals surface area contributed by atoms with Crippen molar-refractivity contribution in [2.24, 2.45) is 0 Å². The average Bonchev–Trinajstić information content (AvgIpc) is 3.02. The number of nitrogens with two attached hydrogens (primary N) is 1. The Kier molecular flexibility index (Phi) is 3.35. The van der Waals surface area contributed by atoms with Crippen LogP contribution in [0.3, 0.4) is 0 Å². The van der Waals surface area contributed by atoms with E-state index in [-0.39, 0.29) is 11.7 Å². The summed E-state index contributed by atoms with van der Waals surface area (Å²) in [5.41, 5.74) is 3.53. The van der Waals surface area contributed by atoms with Crippen molar-refractivity contribution in [1.29, 1.82) is 0 Å². The highest BCUT2D eigenvalue weighted by Gasteiger charge is 2.35. The van der Waals surface area contributed by atoms with Gasteiger partial charge in [-0.05, 0) is 31.0 Å². The Morgan fingerprint density at radius 1 is 1.26 bits per heavy atom. The Hall–Kier alpha value is -1.48. The van der Waals surface area contributed by atoms with Crippen molar-refractivity contribution < 1.29 is 21.6 Å². The molecule has 1 fully saturated rings. The topological polar surface area (TPSA) is 84.2 Å². The summed E-state index contributed by atoms with van der Waals surface area (Å²) in [6.07, 6.45) is -3.31. The van der Waals surface area contributed by atoms with Crippen LogP contribution in [0.4, 0.5) is 24.5 Å². The molecule has 0 bridgehead atoms. The van der Waals surface area contributed by atoms with Gasteiger partial charge in [0.05, 0.1) is 11.3 Å². The lowest BCUT2D eigenvalue weighted by Crippen LogP contribution is -2.32. The van der Waals surface area contributed by atoms with Gasteiger partial charge in [-0.2, -0.15) is 26.3 Å². The zero-order valence-electron chi connectivity index (χ0n) is 9.66. The van der Waals surface area contributed by atoms with Crippen LogP contribution in [0.2, 0.25) is 0 Å². The Morgan fingerprint density at radius 2 is 1.89 bits per heavy atom. The predicted octanol–water partition coefficient (Wildman–Crippen LogP) is 1.70. The highest BCUT2D eigenvalue weighted by atomic mass is 32.2. The van der Waals surface area contributed by atoms with E-state index < -0.39 is 27.6 Å². The largest absolute Gasteiger partial charge is 0.418 e. The van der Waals surface area contributed by atoms with Gasteiger partial charge in [0.25, 0.3) is 10.2 Å². The Balaban J connectivity index is 2.29. The van der Waals surface area contributed by atoms with Crippen LogP contribution in [-0.2, 0) is 16.4 Å². The first-order chi connectivity index (χ1) is 8.67. The number of nitrogens with one attached hydrogen (secondary N) is 2. The van der Waals surface area contributed by atoms with E-state index in [9.17, 15) is 21.6 Å². The molecule has 0 atom stereocenters.